The summed E-state index contributed by atoms with van der Waals surface area (Å²) in [6.07, 6.45) is 0. The highest BCUT2D eigenvalue weighted by atomic mass is 35.5. The van der Waals surface area contributed by atoms with Crippen LogP contribution in [0.5, 0.6) is 11.5 Å². The lowest BCUT2D eigenvalue weighted by Crippen LogP contribution is -2.42. The summed E-state index contributed by atoms with van der Waals surface area (Å²) in [6.45, 7) is 5.96. The molecule has 7 nitrogen and oxygen atoms in total. The number of hydrogen-bond acceptors (Lipinski definition) is 5. The summed E-state index contributed by atoms with van der Waals surface area (Å²) in [5, 5.41) is 12.5. The van der Waals surface area contributed by atoms with Gasteiger partial charge < -0.3 is 14.8 Å². The van der Waals surface area contributed by atoms with Crippen LogP contribution in [0.25, 0.3) is 16.7 Å². The van der Waals surface area contributed by atoms with E-state index in [1.165, 1.54) is 0 Å². The number of anilines is 1. The number of amides is 1. The van der Waals surface area contributed by atoms with Gasteiger partial charge in [0.1, 0.15) is 22.5 Å². The van der Waals surface area contributed by atoms with Crippen LogP contribution in [0.3, 0.4) is 0 Å². The van der Waals surface area contributed by atoms with Gasteiger partial charge in [-0.15, -0.1) is 10.2 Å². The van der Waals surface area contributed by atoms with E-state index in [4.69, 9.17) is 21.1 Å². The molecule has 32 heavy (non-hydrogen) atoms. The van der Waals surface area contributed by atoms with Crippen molar-refractivity contribution in [1.82, 2.24) is 15.0 Å². The van der Waals surface area contributed by atoms with E-state index in [0.29, 0.717) is 34.1 Å². The van der Waals surface area contributed by atoms with Crippen LogP contribution >= 0.6 is 11.6 Å². The smallest absolute Gasteiger partial charge is 0.267 e. The van der Waals surface area contributed by atoms with E-state index in [2.05, 4.69) is 15.5 Å². The Kier molecular flexibility index (Phi) is 6.01. The zero-order chi connectivity index (χ0) is 22.7. The lowest BCUT2D eigenvalue weighted by atomic mass is 10.1. The Morgan fingerprint density at radius 1 is 0.969 bits per heavy atom. The van der Waals surface area contributed by atoms with Gasteiger partial charge in [0, 0.05) is 10.7 Å². The number of nitrogens with zero attached hydrogens (tertiary/aromatic N) is 3. The van der Waals surface area contributed by atoms with Crippen LogP contribution in [0.2, 0.25) is 5.02 Å². The lowest BCUT2D eigenvalue weighted by Gasteiger charge is -2.25. The van der Waals surface area contributed by atoms with Crippen LogP contribution in [0.15, 0.2) is 66.7 Å². The second-order valence-corrected chi connectivity index (χ2v) is 8.08. The average Bonchev–Trinajstić information content (AvgIpc) is 3.19. The molecule has 1 aromatic heterocycles. The first-order valence-corrected chi connectivity index (χ1v) is 10.6. The summed E-state index contributed by atoms with van der Waals surface area (Å²) in [6, 6.07) is 19.8. The highest BCUT2D eigenvalue weighted by Crippen LogP contribution is 2.24. The second kappa shape index (κ2) is 8.88. The van der Waals surface area contributed by atoms with Gasteiger partial charge in [-0.1, -0.05) is 11.6 Å². The van der Waals surface area contributed by atoms with Crippen LogP contribution in [-0.2, 0) is 4.79 Å². The topological polar surface area (TPSA) is 78.3 Å². The minimum absolute atomic E-state index is 0.286. The van der Waals surface area contributed by atoms with Crippen molar-refractivity contribution in [3.8, 4) is 17.2 Å². The van der Waals surface area contributed by atoms with Crippen LogP contribution in [-0.4, -0.2) is 33.1 Å². The fraction of sp³-hybridized carbons (Fsp3) is 0.208. The summed E-state index contributed by atoms with van der Waals surface area (Å²) < 4.78 is 11.3. The molecule has 4 aromatic rings. The normalized spacial score (nSPS) is 11.4. The number of ether oxygens (including phenoxy) is 2. The molecular formula is C24H23ClN4O3. The third-order valence-corrected chi connectivity index (χ3v) is 5.00. The van der Waals surface area contributed by atoms with Crippen molar-refractivity contribution in [3.63, 3.8) is 0 Å². The summed E-state index contributed by atoms with van der Waals surface area (Å²) in [5.74, 6) is 1.07. The molecule has 0 bridgehead atoms. The summed E-state index contributed by atoms with van der Waals surface area (Å²) in [7, 11) is 0. The van der Waals surface area contributed by atoms with Gasteiger partial charge in [0.15, 0.2) is 5.60 Å². The number of nitrogens with one attached hydrogen (secondary N) is 1. The second-order valence-electron chi connectivity index (χ2n) is 7.64. The summed E-state index contributed by atoms with van der Waals surface area (Å²) in [4.78, 5) is 14.4. The van der Waals surface area contributed by atoms with Gasteiger partial charge >= 0.3 is 0 Å². The number of halogens is 1. The number of fused-ring (bicyclic) bond motifs is 1. The third-order valence-electron chi connectivity index (χ3n) is 4.75. The Bertz CT molecular complexity index is 1230. The number of carbonyl (C=O) groups excluding carboxylic acids is 1. The molecule has 0 radical (unpaired) electrons. The molecule has 4 rings (SSSR count). The van der Waals surface area contributed by atoms with Gasteiger partial charge in [-0.2, -0.15) is 4.80 Å². The Balaban J connectivity index is 1.49. The van der Waals surface area contributed by atoms with E-state index in [1.54, 1.807) is 55.0 Å². The number of hydrogen-bond donors (Lipinski definition) is 1. The van der Waals surface area contributed by atoms with Gasteiger partial charge in [0.2, 0.25) is 0 Å². The molecule has 3 aromatic carbocycles. The van der Waals surface area contributed by atoms with E-state index in [9.17, 15) is 4.79 Å². The Morgan fingerprint density at radius 2 is 1.62 bits per heavy atom. The first-order valence-electron chi connectivity index (χ1n) is 10.2. The fourth-order valence-corrected chi connectivity index (χ4v) is 3.20. The minimum atomic E-state index is -1.09. The number of benzene rings is 3. The molecule has 164 valence electrons. The molecule has 1 heterocycles. The standard InChI is InChI=1S/C24H23ClN4O3/c1-4-31-19-12-8-18(9-13-19)29-27-21-14-7-17(15-22(21)28-29)26-23(30)24(2,3)32-20-10-5-16(25)6-11-20/h5-15H,4H2,1-3H3,(H,26,30). The van der Waals surface area contributed by atoms with E-state index < -0.39 is 5.60 Å². The van der Waals surface area contributed by atoms with E-state index in [0.717, 1.165) is 11.4 Å². The van der Waals surface area contributed by atoms with Gasteiger partial charge in [-0.05, 0) is 87.5 Å². The first kappa shape index (κ1) is 21.6. The fourth-order valence-electron chi connectivity index (χ4n) is 3.08. The van der Waals surface area contributed by atoms with Crippen molar-refractivity contribution >= 4 is 34.2 Å². The molecule has 0 saturated heterocycles. The molecule has 0 saturated carbocycles. The largest absolute Gasteiger partial charge is 0.494 e. The molecule has 1 amide bonds. The molecule has 0 spiro atoms. The van der Waals surface area contributed by atoms with Gasteiger partial charge in [-0.25, -0.2) is 0 Å². The first-order chi connectivity index (χ1) is 15.3. The van der Waals surface area contributed by atoms with E-state index >= 15 is 0 Å². The van der Waals surface area contributed by atoms with Gasteiger partial charge in [0.05, 0.1) is 12.3 Å². The van der Waals surface area contributed by atoms with Crippen LogP contribution in [0.4, 0.5) is 5.69 Å². The van der Waals surface area contributed by atoms with Crippen molar-refractivity contribution in [2.75, 3.05) is 11.9 Å². The number of carbonyl (C=O) groups is 1. The third kappa shape index (κ3) is 4.84. The molecular weight excluding hydrogens is 428 g/mol. The minimum Gasteiger partial charge on any atom is -0.494 e. The molecule has 0 aliphatic carbocycles. The van der Waals surface area contributed by atoms with Crippen molar-refractivity contribution in [1.29, 1.82) is 0 Å². The van der Waals surface area contributed by atoms with Crippen molar-refractivity contribution in [3.05, 3.63) is 71.8 Å². The van der Waals surface area contributed by atoms with E-state index in [-0.39, 0.29) is 5.91 Å². The molecule has 0 fully saturated rings. The predicted octanol–water partition coefficient (Wildman–Crippen LogP) is 5.27. The highest BCUT2D eigenvalue weighted by Gasteiger charge is 2.30. The Morgan fingerprint density at radius 3 is 2.31 bits per heavy atom. The maximum atomic E-state index is 12.8. The van der Waals surface area contributed by atoms with Crippen molar-refractivity contribution < 1.29 is 14.3 Å². The number of aromatic nitrogens is 3. The molecule has 0 aliphatic heterocycles. The Labute approximate surface area is 190 Å². The zero-order valence-electron chi connectivity index (χ0n) is 18.0. The molecule has 8 heteroatoms. The van der Waals surface area contributed by atoms with Gasteiger partial charge in [0.25, 0.3) is 5.91 Å². The number of rotatable bonds is 7. The van der Waals surface area contributed by atoms with Gasteiger partial charge in [-0.3, -0.25) is 4.79 Å². The maximum Gasteiger partial charge on any atom is 0.267 e. The quantitative estimate of drug-likeness (QED) is 0.415. The van der Waals surface area contributed by atoms with E-state index in [1.807, 2.05) is 37.3 Å². The van der Waals surface area contributed by atoms with Crippen LogP contribution in [0.1, 0.15) is 20.8 Å². The van der Waals surface area contributed by atoms with Crippen molar-refractivity contribution in [2.45, 2.75) is 26.4 Å². The van der Waals surface area contributed by atoms with Crippen LogP contribution in [0, 0.1) is 0 Å². The maximum absolute atomic E-state index is 12.8. The predicted molar refractivity (Wildman–Crippen MR) is 125 cm³/mol. The Hall–Kier alpha value is -3.58. The summed E-state index contributed by atoms with van der Waals surface area (Å²) >= 11 is 5.91. The average molecular weight is 451 g/mol. The molecule has 1 N–H and O–H groups in total. The highest BCUT2D eigenvalue weighted by molar-refractivity contribution is 6.30. The van der Waals surface area contributed by atoms with Crippen molar-refractivity contribution in [2.24, 2.45) is 0 Å². The monoisotopic (exact) mass is 450 g/mol. The molecule has 0 unspecified atom stereocenters. The van der Waals surface area contributed by atoms with Crippen LogP contribution < -0.4 is 14.8 Å². The SMILES string of the molecule is CCOc1ccc(-n2nc3ccc(NC(=O)C(C)(C)Oc4ccc(Cl)cc4)cc3n2)cc1. The molecule has 0 atom stereocenters. The molecule has 0 aliphatic rings. The lowest BCUT2D eigenvalue weighted by molar-refractivity contribution is -0.128. The summed E-state index contributed by atoms with van der Waals surface area (Å²) in [5.41, 5.74) is 1.70. The zero-order valence-corrected chi connectivity index (χ0v) is 18.8.